The van der Waals surface area contributed by atoms with Crippen LogP contribution in [0.15, 0.2) is 107 Å². The van der Waals surface area contributed by atoms with Crippen molar-refractivity contribution in [2.75, 3.05) is 20.4 Å². The van der Waals surface area contributed by atoms with E-state index in [1.165, 1.54) is 88.5 Å². The van der Waals surface area contributed by atoms with Gasteiger partial charge in [0.2, 0.25) is 0 Å². The molecule has 2 heterocycles. The Bertz CT molecular complexity index is 1890. The minimum Gasteiger partial charge on any atom is -0.744 e. The molecular weight excluding hydrogens is 785 g/mol. The third-order valence-electron chi connectivity index (χ3n) is 10.6. The molecule has 57 heavy (non-hydrogen) atoms. The maximum atomic E-state index is 11.5. The molecule has 2 unspecified atom stereocenters. The fourth-order valence-corrected chi connectivity index (χ4v) is 8.53. The van der Waals surface area contributed by atoms with Crippen LogP contribution in [0, 0.1) is 0 Å². The molecule has 10 nitrogen and oxygen atoms in total. The second-order valence-corrected chi connectivity index (χ2v) is 17.7. The summed E-state index contributed by atoms with van der Waals surface area (Å²) in [6.07, 6.45) is 17.0. The van der Waals surface area contributed by atoms with E-state index in [9.17, 15) is 25.9 Å². The molecule has 2 aliphatic heterocycles. The minimum absolute atomic E-state index is 0. The first-order chi connectivity index (χ1) is 27.0. The summed E-state index contributed by atoms with van der Waals surface area (Å²) in [6, 6.07) is 29.4. The molecule has 13 heteroatoms. The third kappa shape index (κ3) is 14.2. The van der Waals surface area contributed by atoms with Gasteiger partial charge in [0.1, 0.15) is 20.2 Å². The maximum absolute atomic E-state index is 11.5. The molecule has 4 aromatic rings. The molecular formula is C44H58CaN4O6S2. The van der Waals surface area contributed by atoms with Gasteiger partial charge in [0.15, 0.2) is 0 Å². The van der Waals surface area contributed by atoms with Gasteiger partial charge >= 0.3 is 37.7 Å². The van der Waals surface area contributed by atoms with Crippen LogP contribution in [-0.4, -0.2) is 76.0 Å². The summed E-state index contributed by atoms with van der Waals surface area (Å²) in [4.78, 5) is 4.02. The van der Waals surface area contributed by atoms with E-state index in [2.05, 4.69) is 58.5 Å². The zero-order valence-corrected chi connectivity index (χ0v) is 37.4. The van der Waals surface area contributed by atoms with Crippen LogP contribution in [0.2, 0.25) is 0 Å². The Labute approximate surface area is 371 Å². The van der Waals surface area contributed by atoms with Crippen LogP contribution < -0.4 is 20.4 Å². The van der Waals surface area contributed by atoms with Crippen LogP contribution in [0.1, 0.15) is 115 Å². The minimum atomic E-state index is -4.47. The summed E-state index contributed by atoms with van der Waals surface area (Å²) in [5.41, 5.74) is 5.66. The van der Waals surface area contributed by atoms with Crippen LogP contribution in [0.25, 0.3) is 0 Å². The van der Waals surface area contributed by atoms with Crippen LogP contribution >= 0.6 is 0 Å². The number of hydrogen-bond acceptors (Lipinski definition) is 10. The molecule has 0 fully saturated rings. The molecule has 0 saturated heterocycles. The average Bonchev–Trinajstić information content (AvgIpc) is 3.70. The molecule has 2 N–H and O–H groups in total. The predicted octanol–water partition coefficient (Wildman–Crippen LogP) is 9.82. The van der Waals surface area contributed by atoms with Crippen molar-refractivity contribution < 1.29 is 25.9 Å². The summed E-state index contributed by atoms with van der Waals surface area (Å²) in [7, 11) is -8.94. The van der Waals surface area contributed by atoms with Gasteiger partial charge in [0, 0.05) is 13.1 Å². The molecule has 0 radical (unpaired) electrons. The Morgan fingerprint density at radius 3 is 1.21 bits per heavy atom. The number of anilines is 4. The van der Waals surface area contributed by atoms with E-state index < -0.39 is 20.2 Å². The molecule has 2 atom stereocenters. The first-order valence-electron chi connectivity index (χ1n) is 20.3. The van der Waals surface area contributed by atoms with Crippen LogP contribution in [0.5, 0.6) is 0 Å². The molecule has 2 aliphatic rings. The Hall–Kier alpha value is -2.84. The Morgan fingerprint density at radius 1 is 0.509 bits per heavy atom. The van der Waals surface area contributed by atoms with Crippen LogP contribution in [0.4, 0.5) is 22.7 Å². The molecule has 0 aromatic heterocycles. The average molecular weight is 843 g/mol. The SMILES string of the molecule is CCCCCCCCC1Nc2ccc(S(=O)(=O)[O-])cc2N1Cc1ccccc1.CCCCCCCCC1Nc2ccc(S(=O)(=O)[O-])cc2N1Cc1ccccc1.[Ca+2]. The summed E-state index contributed by atoms with van der Waals surface area (Å²) in [5, 5.41) is 7.03. The van der Waals surface area contributed by atoms with Gasteiger partial charge in [0.05, 0.1) is 44.9 Å². The number of nitrogens with zero attached hydrogens (tertiary/aromatic N) is 2. The monoisotopic (exact) mass is 842 g/mol. The predicted molar refractivity (Wildman–Crippen MR) is 231 cm³/mol. The maximum Gasteiger partial charge on any atom is 2.00 e. The number of nitrogens with one attached hydrogen (secondary N) is 2. The van der Waals surface area contributed by atoms with Gasteiger partial charge in [-0.3, -0.25) is 0 Å². The van der Waals surface area contributed by atoms with Gasteiger partial charge in [-0.15, -0.1) is 0 Å². The van der Waals surface area contributed by atoms with Crippen molar-refractivity contribution >= 4 is 80.7 Å². The van der Waals surface area contributed by atoms with Gasteiger partial charge in [-0.25, -0.2) is 16.8 Å². The van der Waals surface area contributed by atoms with E-state index in [1.807, 2.05) is 36.4 Å². The van der Waals surface area contributed by atoms with E-state index in [4.69, 9.17) is 0 Å². The first kappa shape index (κ1) is 46.8. The van der Waals surface area contributed by atoms with Crippen molar-refractivity contribution in [3.05, 3.63) is 108 Å². The van der Waals surface area contributed by atoms with E-state index in [0.29, 0.717) is 13.1 Å². The molecule has 6 rings (SSSR count). The van der Waals surface area contributed by atoms with Crippen molar-refractivity contribution in [3.8, 4) is 0 Å². The second kappa shape index (κ2) is 23.1. The second-order valence-electron chi connectivity index (χ2n) is 14.9. The number of hydrogen-bond donors (Lipinski definition) is 2. The van der Waals surface area contributed by atoms with Gasteiger partial charge in [0.25, 0.3) is 0 Å². The topological polar surface area (TPSA) is 145 Å². The van der Waals surface area contributed by atoms with Gasteiger partial charge in [-0.05, 0) is 73.2 Å². The number of rotatable bonds is 20. The molecule has 4 aromatic carbocycles. The summed E-state index contributed by atoms with van der Waals surface area (Å²) >= 11 is 0. The molecule has 304 valence electrons. The third-order valence-corrected chi connectivity index (χ3v) is 12.2. The first-order valence-corrected chi connectivity index (χ1v) is 23.1. The normalized spacial score (nSPS) is 15.8. The summed E-state index contributed by atoms with van der Waals surface area (Å²) < 4.78 is 68.9. The Kier molecular flexibility index (Phi) is 19.0. The van der Waals surface area contributed by atoms with E-state index in [1.54, 1.807) is 12.1 Å². The Balaban J connectivity index is 0.000000248. The number of fused-ring (bicyclic) bond motifs is 2. The summed E-state index contributed by atoms with van der Waals surface area (Å²) in [6.45, 7) is 5.78. The fraction of sp³-hybridized carbons (Fsp3) is 0.455. The van der Waals surface area contributed by atoms with E-state index in [-0.39, 0.29) is 59.9 Å². The smallest absolute Gasteiger partial charge is 0.744 e. The van der Waals surface area contributed by atoms with Crippen LogP contribution in [-0.2, 0) is 33.3 Å². The molecule has 0 saturated carbocycles. The molecule has 0 amide bonds. The van der Waals surface area contributed by atoms with Gasteiger partial charge < -0.3 is 29.5 Å². The van der Waals surface area contributed by atoms with Crippen LogP contribution in [0.3, 0.4) is 0 Å². The summed E-state index contributed by atoms with van der Waals surface area (Å²) in [5.74, 6) is 0. The van der Waals surface area contributed by atoms with Crippen molar-refractivity contribution in [3.63, 3.8) is 0 Å². The quantitative estimate of drug-likeness (QED) is 0.0501. The number of unbranched alkanes of at least 4 members (excludes halogenated alkanes) is 10. The fourth-order valence-electron chi connectivity index (χ4n) is 7.55. The number of benzene rings is 4. The largest absolute Gasteiger partial charge is 2.00 e. The van der Waals surface area contributed by atoms with E-state index >= 15 is 0 Å². The van der Waals surface area contributed by atoms with Crippen molar-refractivity contribution in [1.82, 2.24) is 0 Å². The Morgan fingerprint density at radius 2 is 0.860 bits per heavy atom. The van der Waals surface area contributed by atoms with Gasteiger partial charge in [-0.1, -0.05) is 139 Å². The van der Waals surface area contributed by atoms with Crippen molar-refractivity contribution in [1.29, 1.82) is 0 Å². The van der Waals surface area contributed by atoms with Crippen molar-refractivity contribution in [2.45, 2.75) is 139 Å². The standard InChI is InChI=1S/2C22H30N2O3S.Ca/c2*1-2-3-4-5-6-10-13-22-23-20-15-14-19(28(25,26)27)16-21(20)24(22)17-18-11-8-7-9-12-18;/h2*7-9,11-12,14-16,22-23H,2-6,10,13,17H2,1H3,(H,25,26,27);/q;;+2/p-2. The molecule has 0 bridgehead atoms. The molecule has 0 spiro atoms. The molecule has 0 aliphatic carbocycles. The zero-order chi connectivity index (χ0) is 40.0. The van der Waals surface area contributed by atoms with Crippen molar-refractivity contribution in [2.24, 2.45) is 0 Å². The zero-order valence-electron chi connectivity index (χ0n) is 33.6. The van der Waals surface area contributed by atoms with Gasteiger partial charge in [-0.2, -0.15) is 0 Å². The van der Waals surface area contributed by atoms with E-state index in [0.717, 1.165) is 59.6 Å².